The zero-order chi connectivity index (χ0) is 20.8. The molecule has 0 spiro atoms. The van der Waals surface area contributed by atoms with Crippen LogP contribution in [0.3, 0.4) is 0 Å². The van der Waals surface area contributed by atoms with Crippen LogP contribution in [0, 0.1) is 6.92 Å². The Bertz CT molecular complexity index is 782. The molecule has 4 rings (SSSR count). The molecule has 7 nitrogen and oxygen atoms in total. The van der Waals surface area contributed by atoms with Gasteiger partial charge < -0.3 is 19.8 Å². The lowest BCUT2D eigenvalue weighted by atomic mass is 10.1. The van der Waals surface area contributed by atoms with Crippen molar-refractivity contribution >= 4 is 17.4 Å². The summed E-state index contributed by atoms with van der Waals surface area (Å²) in [6.45, 7) is 8.36. The largest absolute Gasteiger partial charge is 0.465 e. The molecule has 2 aromatic rings. The molecule has 2 aliphatic heterocycles. The predicted octanol–water partition coefficient (Wildman–Crippen LogP) is 3.16. The topological polar surface area (TPSA) is 70.0 Å². The van der Waals surface area contributed by atoms with E-state index in [1.54, 1.807) is 11.3 Å². The van der Waals surface area contributed by atoms with Gasteiger partial charge in [0.25, 0.3) is 0 Å². The summed E-state index contributed by atoms with van der Waals surface area (Å²) in [5.74, 6) is 1.78. The Morgan fingerprint density at radius 3 is 2.37 bits per heavy atom. The normalized spacial score (nSPS) is 20.2. The van der Waals surface area contributed by atoms with Gasteiger partial charge in [0.2, 0.25) is 0 Å². The van der Waals surface area contributed by atoms with Crippen molar-refractivity contribution in [3.05, 3.63) is 46.0 Å². The summed E-state index contributed by atoms with van der Waals surface area (Å²) >= 11 is 1.76. The molecule has 2 unspecified atom stereocenters. The van der Waals surface area contributed by atoms with Crippen LogP contribution in [-0.2, 0) is 4.74 Å². The Morgan fingerprint density at radius 1 is 1.03 bits per heavy atom. The van der Waals surface area contributed by atoms with E-state index >= 15 is 0 Å². The Balaban J connectivity index is 1.33. The maximum atomic E-state index is 12.6. The van der Waals surface area contributed by atoms with Gasteiger partial charge in [-0.3, -0.25) is 9.80 Å². The van der Waals surface area contributed by atoms with Crippen LogP contribution >= 0.6 is 11.3 Å². The van der Waals surface area contributed by atoms with Crippen LogP contribution in [0.25, 0.3) is 0 Å². The van der Waals surface area contributed by atoms with Crippen LogP contribution in [0.4, 0.5) is 4.79 Å². The zero-order valence-corrected chi connectivity index (χ0v) is 18.5. The molecule has 2 N–H and O–H groups in total. The highest BCUT2D eigenvalue weighted by atomic mass is 32.1. The number of hydrogen-bond acceptors (Lipinski definition) is 6. The van der Waals surface area contributed by atoms with Crippen LogP contribution in [0.15, 0.2) is 34.1 Å². The van der Waals surface area contributed by atoms with E-state index in [1.807, 2.05) is 19.1 Å². The molecule has 2 atom stereocenters. The fourth-order valence-corrected chi connectivity index (χ4v) is 5.18. The van der Waals surface area contributed by atoms with E-state index in [0.717, 1.165) is 37.7 Å². The molecule has 2 amide bonds. The standard InChI is InChI=1S/C22H32N4O3S/c1-17-6-7-20(29-17)18(26-10-12-28-13-11-26)15-23-22(27)24-16-19(21-5-4-14-30-21)25-8-2-3-9-25/h4-7,14,18-19H,2-3,8-13,15-16H2,1H3,(H2,23,24,27). The van der Waals surface area contributed by atoms with E-state index in [2.05, 4.69) is 37.9 Å². The van der Waals surface area contributed by atoms with Gasteiger partial charge in [-0.15, -0.1) is 11.3 Å². The maximum absolute atomic E-state index is 12.6. The molecular weight excluding hydrogens is 400 g/mol. The van der Waals surface area contributed by atoms with E-state index in [4.69, 9.17) is 9.15 Å². The van der Waals surface area contributed by atoms with Crippen LogP contribution in [-0.4, -0.2) is 68.3 Å². The second-order valence-electron chi connectivity index (χ2n) is 7.98. The number of thiophene rings is 1. The van der Waals surface area contributed by atoms with E-state index < -0.39 is 0 Å². The molecule has 0 bridgehead atoms. The SMILES string of the molecule is Cc1ccc(C(CNC(=O)NCC(c2cccs2)N2CCCC2)N2CCOCC2)o1. The first-order valence-corrected chi connectivity index (χ1v) is 11.8. The number of morpholine rings is 1. The Morgan fingerprint density at radius 2 is 1.73 bits per heavy atom. The molecule has 0 saturated carbocycles. The Hall–Kier alpha value is -1.87. The molecule has 2 aromatic heterocycles. The highest BCUT2D eigenvalue weighted by molar-refractivity contribution is 7.10. The van der Waals surface area contributed by atoms with Crippen LogP contribution in [0.5, 0.6) is 0 Å². The van der Waals surface area contributed by atoms with E-state index in [-0.39, 0.29) is 18.1 Å². The summed E-state index contributed by atoms with van der Waals surface area (Å²) in [6.07, 6.45) is 2.47. The molecule has 8 heteroatoms. The monoisotopic (exact) mass is 432 g/mol. The Kier molecular flexibility index (Phi) is 7.43. The number of aryl methyl sites for hydroxylation is 1. The number of urea groups is 1. The predicted molar refractivity (Wildman–Crippen MR) is 118 cm³/mol. The molecule has 164 valence electrons. The van der Waals surface area contributed by atoms with Gasteiger partial charge in [-0.05, 0) is 56.4 Å². The first-order valence-electron chi connectivity index (χ1n) is 10.9. The lowest BCUT2D eigenvalue weighted by Gasteiger charge is -2.33. The van der Waals surface area contributed by atoms with Crippen molar-refractivity contribution in [3.63, 3.8) is 0 Å². The van der Waals surface area contributed by atoms with Gasteiger partial charge in [-0.1, -0.05) is 6.07 Å². The van der Waals surface area contributed by atoms with Crippen molar-refractivity contribution in [2.24, 2.45) is 0 Å². The average molecular weight is 433 g/mol. The number of nitrogens with zero attached hydrogens (tertiary/aromatic N) is 2. The van der Waals surface area contributed by atoms with Gasteiger partial charge in [0.05, 0.1) is 25.3 Å². The minimum absolute atomic E-state index is 0.0139. The van der Waals surface area contributed by atoms with Crippen molar-refractivity contribution < 1.29 is 13.9 Å². The second kappa shape index (κ2) is 10.4. The molecule has 30 heavy (non-hydrogen) atoms. The van der Waals surface area contributed by atoms with Crippen molar-refractivity contribution in [1.82, 2.24) is 20.4 Å². The van der Waals surface area contributed by atoms with Crippen molar-refractivity contribution in [3.8, 4) is 0 Å². The molecule has 0 aliphatic carbocycles. The first kappa shape index (κ1) is 21.4. The lowest BCUT2D eigenvalue weighted by Crippen LogP contribution is -2.46. The zero-order valence-electron chi connectivity index (χ0n) is 17.6. The third kappa shape index (κ3) is 5.43. The summed E-state index contributed by atoms with van der Waals surface area (Å²) in [4.78, 5) is 18.8. The summed E-state index contributed by atoms with van der Waals surface area (Å²) < 4.78 is 11.4. The van der Waals surface area contributed by atoms with Gasteiger partial charge in [0.1, 0.15) is 11.5 Å². The number of hydrogen-bond donors (Lipinski definition) is 2. The molecular formula is C22H32N4O3S. The number of likely N-dealkylation sites (tertiary alicyclic amines) is 1. The third-order valence-corrected chi connectivity index (χ3v) is 6.91. The summed E-state index contributed by atoms with van der Waals surface area (Å²) in [5.41, 5.74) is 0. The van der Waals surface area contributed by atoms with Gasteiger partial charge in [0, 0.05) is 31.1 Å². The lowest BCUT2D eigenvalue weighted by molar-refractivity contribution is 0.0121. The number of nitrogens with one attached hydrogen (secondary N) is 2. The summed E-state index contributed by atoms with van der Waals surface area (Å²) in [5, 5.41) is 8.28. The fourth-order valence-electron chi connectivity index (χ4n) is 4.32. The number of carbonyl (C=O) groups excluding carboxylic acids is 1. The number of carbonyl (C=O) groups is 1. The highest BCUT2D eigenvalue weighted by Gasteiger charge is 2.27. The maximum Gasteiger partial charge on any atom is 0.314 e. The van der Waals surface area contributed by atoms with Gasteiger partial charge >= 0.3 is 6.03 Å². The first-order chi connectivity index (χ1) is 14.7. The summed E-state index contributed by atoms with van der Waals surface area (Å²) in [6, 6.07) is 8.38. The molecule has 0 radical (unpaired) electrons. The van der Waals surface area contributed by atoms with Crippen molar-refractivity contribution in [2.45, 2.75) is 31.8 Å². The summed E-state index contributed by atoms with van der Waals surface area (Å²) in [7, 11) is 0. The van der Waals surface area contributed by atoms with Crippen LogP contribution < -0.4 is 10.6 Å². The van der Waals surface area contributed by atoms with E-state index in [1.165, 1.54) is 17.7 Å². The number of furan rings is 1. The second-order valence-corrected chi connectivity index (χ2v) is 8.96. The fraction of sp³-hybridized carbons (Fsp3) is 0.591. The van der Waals surface area contributed by atoms with E-state index in [0.29, 0.717) is 26.3 Å². The number of amides is 2. The van der Waals surface area contributed by atoms with Crippen LogP contribution in [0.1, 0.15) is 41.3 Å². The molecule has 2 fully saturated rings. The molecule has 4 heterocycles. The van der Waals surface area contributed by atoms with E-state index in [9.17, 15) is 4.79 Å². The number of rotatable bonds is 8. The smallest absolute Gasteiger partial charge is 0.314 e. The molecule has 2 aliphatic rings. The van der Waals surface area contributed by atoms with Gasteiger partial charge in [0.15, 0.2) is 0 Å². The Labute approximate surface area is 182 Å². The van der Waals surface area contributed by atoms with Gasteiger partial charge in [-0.25, -0.2) is 4.79 Å². The average Bonchev–Trinajstić information content (AvgIpc) is 3.53. The molecule has 2 saturated heterocycles. The van der Waals surface area contributed by atoms with Crippen molar-refractivity contribution in [1.29, 1.82) is 0 Å². The quantitative estimate of drug-likeness (QED) is 0.671. The van der Waals surface area contributed by atoms with Gasteiger partial charge in [-0.2, -0.15) is 0 Å². The van der Waals surface area contributed by atoms with Crippen LogP contribution in [0.2, 0.25) is 0 Å². The third-order valence-electron chi connectivity index (χ3n) is 5.94. The highest BCUT2D eigenvalue weighted by Crippen LogP contribution is 2.28. The molecule has 0 aromatic carbocycles. The minimum Gasteiger partial charge on any atom is -0.465 e. The van der Waals surface area contributed by atoms with Crippen molar-refractivity contribution in [2.75, 3.05) is 52.5 Å². The minimum atomic E-state index is -0.128. The number of ether oxygens (including phenoxy) is 1.